The molecular weight excluding hydrogens is 350 g/mol. The second kappa shape index (κ2) is 6.30. The van der Waals surface area contributed by atoms with Crippen molar-refractivity contribution in [3.8, 4) is 0 Å². The van der Waals surface area contributed by atoms with Crippen molar-refractivity contribution < 1.29 is 0 Å². The SMILES string of the molecule is CC(C)C(NC1CCCc2sc(Br)cc21)c1cccs1. The van der Waals surface area contributed by atoms with Crippen molar-refractivity contribution >= 4 is 38.6 Å². The van der Waals surface area contributed by atoms with E-state index in [0.29, 0.717) is 18.0 Å². The van der Waals surface area contributed by atoms with Crippen LogP contribution in [-0.2, 0) is 6.42 Å². The first-order valence-electron chi connectivity index (χ1n) is 7.22. The Kier molecular flexibility index (Phi) is 4.65. The van der Waals surface area contributed by atoms with E-state index in [-0.39, 0.29) is 0 Å². The number of hydrogen-bond acceptors (Lipinski definition) is 3. The van der Waals surface area contributed by atoms with Crippen LogP contribution in [-0.4, -0.2) is 0 Å². The number of aryl methyl sites for hydroxylation is 1. The van der Waals surface area contributed by atoms with E-state index in [4.69, 9.17) is 0 Å². The third kappa shape index (κ3) is 3.03. The maximum Gasteiger partial charge on any atom is 0.0704 e. The van der Waals surface area contributed by atoms with Gasteiger partial charge in [0, 0.05) is 21.8 Å². The maximum absolute atomic E-state index is 3.92. The molecule has 0 aliphatic heterocycles. The lowest BCUT2D eigenvalue weighted by Gasteiger charge is -2.30. The molecule has 2 atom stereocenters. The normalized spacial score (nSPS) is 20.1. The Morgan fingerprint density at radius 3 is 2.95 bits per heavy atom. The van der Waals surface area contributed by atoms with Gasteiger partial charge in [-0.2, -0.15) is 0 Å². The monoisotopic (exact) mass is 369 g/mol. The maximum atomic E-state index is 3.92. The Balaban J connectivity index is 1.83. The summed E-state index contributed by atoms with van der Waals surface area (Å²) in [6, 6.07) is 7.71. The highest BCUT2D eigenvalue weighted by Gasteiger charge is 2.27. The fourth-order valence-electron chi connectivity index (χ4n) is 2.98. The van der Waals surface area contributed by atoms with Gasteiger partial charge in [0.1, 0.15) is 0 Å². The van der Waals surface area contributed by atoms with Gasteiger partial charge in [0.15, 0.2) is 0 Å². The summed E-state index contributed by atoms with van der Waals surface area (Å²) in [5.74, 6) is 0.612. The molecule has 1 N–H and O–H groups in total. The summed E-state index contributed by atoms with van der Waals surface area (Å²) >= 11 is 7.42. The second-order valence-electron chi connectivity index (χ2n) is 5.78. The van der Waals surface area contributed by atoms with E-state index in [2.05, 4.69) is 58.7 Å². The predicted octanol–water partition coefficient (Wildman–Crippen LogP) is 5.94. The molecule has 108 valence electrons. The van der Waals surface area contributed by atoms with Gasteiger partial charge in [0.25, 0.3) is 0 Å². The molecule has 2 aromatic rings. The molecule has 2 heterocycles. The molecule has 4 heteroatoms. The average Bonchev–Trinajstić information content (AvgIpc) is 3.03. The van der Waals surface area contributed by atoms with Crippen molar-refractivity contribution in [1.29, 1.82) is 0 Å². The quantitative estimate of drug-likeness (QED) is 0.703. The van der Waals surface area contributed by atoms with Crippen molar-refractivity contribution in [3.05, 3.63) is 42.7 Å². The molecule has 2 unspecified atom stereocenters. The van der Waals surface area contributed by atoms with E-state index in [0.717, 1.165) is 0 Å². The topological polar surface area (TPSA) is 12.0 Å². The minimum atomic E-state index is 0.463. The molecule has 2 aromatic heterocycles. The third-order valence-electron chi connectivity index (χ3n) is 3.98. The van der Waals surface area contributed by atoms with Gasteiger partial charge < -0.3 is 5.32 Å². The van der Waals surface area contributed by atoms with Gasteiger partial charge in [-0.3, -0.25) is 0 Å². The number of nitrogens with one attached hydrogen (secondary N) is 1. The van der Waals surface area contributed by atoms with Crippen molar-refractivity contribution in [3.63, 3.8) is 0 Å². The molecule has 1 aliphatic carbocycles. The van der Waals surface area contributed by atoms with Crippen LogP contribution in [0.2, 0.25) is 0 Å². The Morgan fingerprint density at radius 1 is 1.40 bits per heavy atom. The smallest absolute Gasteiger partial charge is 0.0704 e. The van der Waals surface area contributed by atoms with Crippen LogP contribution < -0.4 is 5.32 Å². The highest BCUT2D eigenvalue weighted by molar-refractivity contribution is 9.11. The summed E-state index contributed by atoms with van der Waals surface area (Å²) < 4.78 is 1.27. The highest BCUT2D eigenvalue weighted by atomic mass is 79.9. The standard InChI is InChI=1S/C16H20BrNS2/c1-10(2)16(14-7-4-8-19-14)18-12-5-3-6-13-11(12)9-15(17)20-13/h4,7-10,12,16,18H,3,5-6H2,1-2H3. The molecular formula is C16H20BrNS2. The first-order valence-corrected chi connectivity index (χ1v) is 9.71. The summed E-state index contributed by atoms with van der Waals surface area (Å²) in [4.78, 5) is 3.02. The van der Waals surface area contributed by atoms with Crippen LogP contribution in [0.25, 0.3) is 0 Å². The lowest BCUT2D eigenvalue weighted by atomic mass is 9.91. The number of halogens is 1. The summed E-state index contributed by atoms with van der Waals surface area (Å²) in [7, 11) is 0. The van der Waals surface area contributed by atoms with E-state index in [9.17, 15) is 0 Å². The molecule has 0 amide bonds. The number of fused-ring (bicyclic) bond motifs is 1. The van der Waals surface area contributed by atoms with Gasteiger partial charge in [-0.25, -0.2) is 0 Å². The van der Waals surface area contributed by atoms with Gasteiger partial charge >= 0.3 is 0 Å². The van der Waals surface area contributed by atoms with Crippen LogP contribution in [0.1, 0.15) is 54.1 Å². The Morgan fingerprint density at radius 2 is 2.25 bits per heavy atom. The Hall–Kier alpha value is -0.160. The van der Waals surface area contributed by atoms with Crippen LogP contribution >= 0.6 is 38.6 Å². The minimum absolute atomic E-state index is 0.463. The lowest BCUT2D eigenvalue weighted by molar-refractivity contribution is 0.344. The van der Waals surface area contributed by atoms with E-state index in [1.54, 1.807) is 4.88 Å². The zero-order chi connectivity index (χ0) is 14.1. The van der Waals surface area contributed by atoms with Gasteiger partial charge in [0.2, 0.25) is 0 Å². The van der Waals surface area contributed by atoms with Gasteiger partial charge in [-0.1, -0.05) is 19.9 Å². The number of thiophene rings is 2. The molecule has 1 aliphatic rings. The van der Waals surface area contributed by atoms with E-state index in [1.807, 2.05) is 22.7 Å². The van der Waals surface area contributed by atoms with Crippen LogP contribution in [0.4, 0.5) is 0 Å². The van der Waals surface area contributed by atoms with E-state index < -0.39 is 0 Å². The van der Waals surface area contributed by atoms with Crippen LogP contribution in [0.5, 0.6) is 0 Å². The average molecular weight is 370 g/mol. The summed E-state index contributed by atoms with van der Waals surface area (Å²) in [5, 5.41) is 6.10. The van der Waals surface area contributed by atoms with Crippen LogP contribution in [0.3, 0.4) is 0 Å². The van der Waals surface area contributed by atoms with Crippen molar-refractivity contribution in [2.24, 2.45) is 5.92 Å². The molecule has 3 rings (SSSR count). The first-order chi connectivity index (χ1) is 9.65. The molecule has 0 saturated carbocycles. The lowest BCUT2D eigenvalue weighted by Crippen LogP contribution is -2.31. The minimum Gasteiger partial charge on any atom is -0.302 e. The molecule has 0 radical (unpaired) electrons. The Labute approximate surface area is 137 Å². The highest BCUT2D eigenvalue weighted by Crippen LogP contribution is 2.40. The molecule has 0 spiro atoms. The fraction of sp³-hybridized carbons (Fsp3) is 0.500. The Bertz CT molecular complexity index is 559. The van der Waals surface area contributed by atoms with E-state index >= 15 is 0 Å². The molecule has 1 nitrogen and oxygen atoms in total. The fourth-order valence-corrected chi connectivity index (χ4v) is 5.76. The van der Waals surface area contributed by atoms with Gasteiger partial charge in [0.05, 0.1) is 3.79 Å². The van der Waals surface area contributed by atoms with Gasteiger partial charge in [-0.05, 0) is 64.2 Å². The van der Waals surface area contributed by atoms with Gasteiger partial charge in [-0.15, -0.1) is 22.7 Å². The largest absolute Gasteiger partial charge is 0.302 e. The first kappa shape index (κ1) is 14.8. The zero-order valence-electron chi connectivity index (χ0n) is 11.9. The molecule has 0 saturated heterocycles. The second-order valence-corrected chi connectivity index (χ2v) is 9.27. The predicted molar refractivity (Wildman–Crippen MR) is 92.7 cm³/mol. The van der Waals surface area contributed by atoms with Crippen molar-refractivity contribution in [2.75, 3.05) is 0 Å². The van der Waals surface area contributed by atoms with Crippen LogP contribution in [0, 0.1) is 5.92 Å². The van der Waals surface area contributed by atoms with E-state index in [1.165, 1.54) is 33.5 Å². The van der Waals surface area contributed by atoms with Crippen molar-refractivity contribution in [2.45, 2.75) is 45.2 Å². The summed E-state index contributed by atoms with van der Waals surface area (Å²) in [6.07, 6.45) is 3.80. The number of rotatable bonds is 4. The van der Waals surface area contributed by atoms with Crippen LogP contribution in [0.15, 0.2) is 27.4 Å². The summed E-state index contributed by atoms with van der Waals surface area (Å²) in [5.41, 5.74) is 1.52. The molecule has 0 bridgehead atoms. The molecule has 0 fully saturated rings. The molecule has 0 aromatic carbocycles. The molecule has 20 heavy (non-hydrogen) atoms. The number of hydrogen-bond donors (Lipinski definition) is 1. The summed E-state index contributed by atoms with van der Waals surface area (Å²) in [6.45, 7) is 4.62. The zero-order valence-corrected chi connectivity index (χ0v) is 15.1. The van der Waals surface area contributed by atoms with Crippen molar-refractivity contribution in [1.82, 2.24) is 5.32 Å². The third-order valence-corrected chi connectivity index (χ3v) is 6.65.